The molecule has 4 heteroatoms. The lowest BCUT2D eigenvalue weighted by Crippen LogP contribution is -2.32. The summed E-state index contributed by atoms with van der Waals surface area (Å²) in [6, 6.07) is 5.18. The van der Waals surface area contributed by atoms with E-state index in [1.54, 1.807) is 6.07 Å². The largest absolute Gasteiger partial charge is 0.465 e. The molecule has 3 unspecified atom stereocenters. The van der Waals surface area contributed by atoms with Crippen LogP contribution in [0.5, 0.6) is 0 Å². The third-order valence-corrected chi connectivity index (χ3v) is 4.76. The maximum atomic E-state index is 13.9. The van der Waals surface area contributed by atoms with E-state index in [0.717, 1.165) is 11.5 Å². The zero-order valence-corrected chi connectivity index (χ0v) is 13.0. The van der Waals surface area contributed by atoms with E-state index in [1.807, 2.05) is 0 Å². The molecule has 1 aromatic carbocycles. The summed E-state index contributed by atoms with van der Waals surface area (Å²) in [7, 11) is 1.25. The van der Waals surface area contributed by atoms with Crippen LogP contribution < -0.4 is 5.32 Å². The van der Waals surface area contributed by atoms with Gasteiger partial charge in [0.05, 0.1) is 12.7 Å². The molecular formula is C17H24FNO2. The van der Waals surface area contributed by atoms with Gasteiger partial charge in [-0.2, -0.15) is 0 Å². The Labute approximate surface area is 125 Å². The average molecular weight is 293 g/mol. The molecule has 0 aliphatic heterocycles. The number of carbonyl (C=O) groups excluding carboxylic acids is 1. The Balaban J connectivity index is 1.95. The number of benzene rings is 1. The van der Waals surface area contributed by atoms with Crippen LogP contribution in [0.15, 0.2) is 18.2 Å². The molecule has 0 amide bonds. The Morgan fingerprint density at radius 1 is 1.43 bits per heavy atom. The zero-order valence-electron chi connectivity index (χ0n) is 13.0. The summed E-state index contributed by atoms with van der Waals surface area (Å²) < 4.78 is 18.4. The van der Waals surface area contributed by atoms with Gasteiger partial charge in [-0.05, 0) is 42.4 Å². The molecule has 3 nitrogen and oxygen atoms in total. The maximum absolute atomic E-state index is 13.9. The van der Waals surface area contributed by atoms with E-state index >= 15 is 0 Å². The summed E-state index contributed by atoms with van der Waals surface area (Å²) in [5.74, 6) is 0.296. The summed E-state index contributed by atoms with van der Waals surface area (Å²) in [6.07, 6.45) is 3.68. The van der Waals surface area contributed by atoms with Crippen molar-refractivity contribution in [3.63, 3.8) is 0 Å². The number of hydrogen-bond donors (Lipinski definition) is 1. The van der Waals surface area contributed by atoms with Gasteiger partial charge in [0.2, 0.25) is 0 Å². The summed E-state index contributed by atoms with van der Waals surface area (Å²) in [5.41, 5.74) is 0.842. The van der Waals surface area contributed by atoms with Gasteiger partial charge in [-0.25, -0.2) is 9.18 Å². The van der Waals surface area contributed by atoms with Crippen LogP contribution in [-0.2, 0) is 11.3 Å². The molecule has 2 rings (SSSR count). The predicted octanol–water partition coefficient (Wildman–Crippen LogP) is 3.53. The van der Waals surface area contributed by atoms with Gasteiger partial charge in [-0.15, -0.1) is 0 Å². The molecule has 1 aliphatic carbocycles. The number of rotatable bonds is 5. The lowest BCUT2D eigenvalue weighted by molar-refractivity contribution is 0.0595. The van der Waals surface area contributed by atoms with E-state index < -0.39 is 11.8 Å². The van der Waals surface area contributed by atoms with Crippen molar-refractivity contribution in [2.24, 2.45) is 11.8 Å². The normalized spacial score (nSPS) is 25.0. The average Bonchev–Trinajstić information content (AvgIpc) is 2.84. The van der Waals surface area contributed by atoms with Crippen LogP contribution in [0.2, 0.25) is 0 Å². The molecule has 0 bridgehead atoms. The van der Waals surface area contributed by atoms with Crippen molar-refractivity contribution in [1.82, 2.24) is 5.32 Å². The van der Waals surface area contributed by atoms with Crippen LogP contribution in [0.25, 0.3) is 0 Å². The number of methoxy groups -OCH3 is 1. The second-order valence-corrected chi connectivity index (χ2v) is 5.90. The number of esters is 1. The van der Waals surface area contributed by atoms with Crippen LogP contribution >= 0.6 is 0 Å². The number of hydrogen-bond acceptors (Lipinski definition) is 3. The molecule has 1 aromatic rings. The lowest BCUT2D eigenvalue weighted by atomic mass is 9.93. The molecule has 3 atom stereocenters. The molecule has 0 heterocycles. The molecule has 116 valence electrons. The van der Waals surface area contributed by atoms with Crippen LogP contribution in [0.1, 0.15) is 49.0 Å². The fourth-order valence-electron chi connectivity index (χ4n) is 3.30. The number of nitrogens with one attached hydrogen (secondary N) is 1. The van der Waals surface area contributed by atoms with Crippen molar-refractivity contribution in [3.05, 3.63) is 35.1 Å². The van der Waals surface area contributed by atoms with Crippen molar-refractivity contribution in [2.45, 2.75) is 45.7 Å². The van der Waals surface area contributed by atoms with E-state index in [0.29, 0.717) is 18.5 Å². The fraction of sp³-hybridized carbons (Fsp3) is 0.588. The molecule has 0 aromatic heterocycles. The van der Waals surface area contributed by atoms with Gasteiger partial charge < -0.3 is 10.1 Å². The van der Waals surface area contributed by atoms with Gasteiger partial charge in [0.15, 0.2) is 0 Å². The van der Waals surface area contributed by atoms with E-state index in [2.05, 4.69) is 23.9 Å². The Kier molecular flexibility index (Phi) is 5.34. The second kappa shape index (κ2) is 7.03. The summed E-state index contributed by atoms with van der Waals surface area (Å²) in [5, 5.41) is 3.52. The van der Waals surface area contributed by atoms with E-state index in [1.165, 1.54) is 38.5 Å². The Hall–Kier alpha value is -1.42. The molecule has 0 spiro atoms. The lowest BCUT2D eigenvalue weighted by Gasteiger charge is -2.21. The van der Waals surface area contributed by atoms with Crippen LogP contribution in [0, 0.1) is 17.7 Å². The first-order valence-corrected chi connectivity index (χ1v) is 7.67. The van der Waals surface area contributed by atoms with E-state index in [9.17, 15) is 9.18 Å². The molecule has 21 heavy (non-hydrogen) atoms. The first-order chi connectivity index (χ1) is 10.1. The SMILES string of the molecule is CCC1CCC(NCc2ccc(C(=O)OC)c(F)c2)C1C. The Morgan fingerprint density at radius 3 is 2.76 bits per heavy atom. The van der Waals surface area contributed by atoms with Gasteiger partial charge in [0, 0.05) is 12.6 Å². The maximum Gasteiger partial charge on any atom is 0.340 e. The van der Waals surface area contributed by atoms with Gasteiger partial charge in [0.1, 0.15) is 5.82 Å². The number of carbonyl (C=O) groups is 1. The van der Waals surface area contributed by atoms with Crippen LogP contribution in [0.3, 0.4) is 0 Å². The minimum atomic E-state index is -0.637. The standard InChI is InChI=1S/C17H24FNO2/c1-4-13-6-8-16(11(13)2)19-10-12-5-7-14(15(18)9-12)17(20)21-3/h5,7,9,11,13,16,19H,4,6,8,10H2,1-3H3. The van der Waals surface area contributed by atoms with Crippen LogP contribution in [-0.4, -0.2) is 19.1 Å². The third-order valence-electron chi connectivity index (χ3n) is 4.76. The van der Waals surface area contributed by atoms with E-state index in [4.69, 9.17) is 0 Å². The van der Waals surface area contributed by atoms with Gasteiger partial charge in [-0.1, -0.05) is 26.3 Å². The van der Waals surface area contributed by atoms with Crippen LogP contribution in [0.4, 0.5) is 4.39 Å². The highest BCUT2D eigenvalue weighted by Gasteiger charge is 2.30. The molecule has 0 radical (unpaired) electrons. The van der Waals surface area contributed by atoms with Crippen molar-refractivity contribution < 1.29 is 13.9 Å². The first-order valence-electron chi connectivity index (χ1n) is 7.67. The highest BCUT2D eigenvalue weighted by atomic mass is 19.1. The predicted molar refractivity (Wildman–Crippen MR) is 80.5 cm³/mol. The summed E-state index contributed by atoms with van der Waals surface area (Å²) in [4.78, 5) is 11.3. The number of ether oxygens (including phenoxy) is 1. The van der Waals surface area contributed by atoms with Crippen molar-refractivity contribution >= 4 is 5.97 Å². The molecule has 1 saturated carbocycles. The second-order valence-electron chi connectivity index (χ2n) is 5.90. The quantitative estimate of drug-likeness (QED) is 0.844. The monoisotopic (exact) mass is 293 g/mol. The Bertz CT molecular complexity index is 504. The summed E-state index contributed by atoms with van der Waals surface area (Å²) in [6.45, 7) is 5.16. The topological polar surface area (TPSA) is 38.3 Å². The van der Waals surface area contributed by atoms with Crippen molar-refractivity contribution in [2.75, 3.05) is 7.11 Å². The fourth-order valence-corrected chi connectivity index (χ4v) is 3.30. The highest BCUT2D eigenvalue weighted by molar-refractivity contribution is 5.89. The highest BCUT2D eigenvalue weighted by Crippen LogP contribution is 2.34. The third kappa shape index (κ3) is 3.62. The smallest absolute Gasteiger partial charge is 0.340 e. The summed E-state index contributed by atoms with van der Waals surface area (Å²) >= 11 is 0. The van der Waals surface area contributed by atoms with Crippen molar-refractivity contribution in [3.8, 4) is 0 Å². The zero-order chi connectivity index (χ0) is 15.4. The molecule has 1 fully saturated rings. The molecular weight excluding hydrogens is 269 g/mol. The van der Waals surface area contributed by atoms with Gasteiger partial charge >= 0.3 is 5.97 Å². The first kappa shape index (κ1) is 16.0. The Morgan fingerprint density at radius 2 is 2.19 bits per heavy atom. The molecule has 1 aliphatic rings. The number of halogens is 1. The van der Waals surface area contributed by atoms with E-state index in [-0.39, 0.29) is 5.56 Å². The van der Waals surface area contributed by atoms with Crippen molar-refractivity contribution in [1.29, 1.82) is 0 Å². The molecule has 1 N–H and O–H groups in total. The molecule has 0 saturated heterocycles. The minimum Gasteiger partial charge on any atom is -0.465 e. The van der Waals surface area contributed by atoms with Gasteiger partial charge in [-0.3, -0.25) is 0 Å². The van der Waals surface area contributed by atoms with Gasteiger partial charge in [0.25, 0.3) is 0 Å². The minimum absolute atomic E-state index is 0.0125.